The molecule has 3 aliphatic carbocycles. The summed E-state index contributed by atoms with van der Waals surface area (Å²) < 4.78 is 22.2. The third-order valence-corrected chi connectivity index (χ3v) is 7.78. The molecule has 32 heavy (non-hydrogen) atoms. The Bertz CT molecular complexity index is 824. The van der Waals surface area contributed by atoms with Gasteiger partial charge in [0.15, 0.2) is 0 Å². The van der Waals surface area contributed by atoms with Crippen LogP contribution in [0.3, 0.4) is 0 Å². The van der Waals surface area contributed by atoms with Gasteiger partial charge in [-0.15, -0.1) is 0 Å². The van der Waals surface area contributed by atoms with Gasteiger partial charge in [-0.3, -0.25) is 14.4 Å². The Morgan fingerprint density at radius 3 is 2.50 bits per heavy atom. The van der Waals surface area contributed by atoms with Crippen molar-refractivity contribution in [2.24, 2.45) is 29.6 Å². The van der Waals surface area contributed by atoms with Gasteiger partial charge < -0.3 is 18.9 Å². The number of hydrogen-bond donors (Lipinski definition) is 0. The average molecular weight is 449 g/mol. The van der Waals surface area contributed by atoms with Crippen LogP contribution in [0, 0.1) is 29.6 Å². The molecule has 8 heteroatoms. The normalized spacial score (nSPS) is 33.8. The Balaban J connectivity index is 1.42. The molecule has 0 N–H and O–H groups in total. The number of carbonyl (C=O) groups excluding carboxylic acids is 4. The van der Waals surface area contributed by atoms with Crippen molar-refractivity contribution in [1.82, 2.24) is 0 Å². The zero-order valence-electron chi connectivity index (χ0n) is 19.0. The van der Waals surface area contributed by atoms with Crippen LogP contribution >= 0.6 is 0 Å². The molecule has 6 unspecified atom stereocenters. The van der Waals surface area contributed by atoms with E-state index >= 15 is 0 Å². The van der Waals surface area contributed by atoms with E-state index in [0.29, 0.717) is 6.42 Å². The van der Waals surface area contributed by atoms with E-state index in [9.17, 15) is 19.2 Å². The van der Waals surface area contributed by atoms with Crippen LogP contribution in [0.4, 0.5) is 0 Å². The zero-order valence-corrected chi connectivity index (χ0v) is 19.0. The van der Waals surface area contributed by atoms with Crippen molar-refractivity contribution in [2.75, 3.05) is 6.61 Å². The van der Waals surface area contributed by atoms with Gasteiger partial charge in [-0.25, -0.2) is 4.79 Å². The quantitative estimate of drug-likeness (QED) is 0.317. The number of carbonyl (C=O) groups is 4. The molecule has 2 bridgehead atoms. The Morgan fingerprint density at radius 1 is 1.19 bits per heavy atom. The SMILES string of the molecule is C=C(C)C(=O)OCCC(=O)OC1C2CC3C1OC(=O)C3C2C(=O)OC1(C(C)C)CCCC1. The highest BCUT2D eigenvalue weighted by Gasteiger charge is 2.70. The van der Waals surface area contributed by atoms with Crippen LogP contribution in [0.2, 0.25) is 0 Å². The van der Waals surface area contributed by atoms with Gasteiger partial charge in [0.05, 0.1) is 18.3 Å². The number of fused-ring (bicyclic) bond motifs is 1. The second-order valence-corrected chi connectivity index (χ2v) is 9.98. The summed E-state index contributed by atoms with van der Waals surface area (Å²) in [5.74, 6) is -3.32. The molecule has 4 fully saturated rings. The summed E-state index contributed by atoms with van der Waals surface area (Å²) in [5, 5.41) is 0. The molecule has 8 nitrogen and oxygen atoms in total. The van der Waals surface area contributed by atoms with Gasteiger partial charge in [0.2, 0.25) is 0 Å². The van der Waals surface area contributed by atoms with E-state index in [1.54, 1.807) is 0 Å². The lowest BCUT2D eigenvalue weighted by Gasteiger charge is -2.37. The molecule has 0 aromatic carbocycles. The van der Waals surface area contributed by atoms with Crippen LogP contribution in [0.15, 0.2) is 12.2 Å². The maximum Gasteiger partial charge on any atom is 0.333 e. The first kappa shape index (κ1) is 22.8. The maximum atomic E-state index is 13.3. The smallest absolute Gasteiger partial charge is 0.333 e. The van der Waals surface area contributed by atoms with E-state index in [-0.39, 0.29) is 42.3 Å². The van der Waals surface area contributed by atoms with Crippen molar-refractivity contribution in [3.8, 4) is 0 Å². The summed E-state index contributed by atoms with van der Waals surface area (Å²) in [6.45, 7) is 9.01. The number of rotatable bonds is 8. The molecule has 4 rings (SSSR count). The van der Waals surface area contributed by atoms with Crippen molar-refractivity contribution in [3.63, 3.8) is 0 Å². The first-order chi connectivity index (χ1) is 15.1. The standard InChI is InChI=1S/C24H32O8/c1-12(2)21(26)29-10-7-16(25)30-19-15-11-14-17(22(27)31-20(14)19)18(15)23(28)32-24(13(3)4)8-5-6-9-24/h13-15,17-20H,1,5-11H2,2-4H3. The van der Waals surface area contributed by atoms with E-state index in [1.165, 1.54) is 6.92 Å². The molecule has 1 heterocycles. The van der Waals surface area contributed by atoms with Crippen LogP contribution in [0.5, 0.6) is 0 Å². The molecule has 0 radical (unpaired) electrons. The fraction of sp³-hybridized carbons (Fsp3) is 0.750. The minimum Gasteiger partial charge on any atom is -0.462 e. The minimum atomic E-state index is -0.678. The molecule has 0 aromatic heterocycles. The monoisotopic (exact) mass is 448 g/mol. The highest BCUT2D eigenvalue weighted by Crippen LogP contribution is 2.59. The number of ether oxygens (including phenoxy) is 4. The third kappa shape index (κ3) is 3.82. The minimum absolute atomic E-state index is 0.122. The van der Waals surface area contributed by atoms with Crippen LogP contribution in [-0.4, -0.2) is 48.3 Å². The van der Waals surface area contributed by atoms with E-state index in [2.05, 4.69) is 20.4 Å². The first-order valence-electron chi connectivity index (χ1n) is 11.6. The molecule has 0 amide bonds. The molecule has 0 spiro atoms. The van der Waals surface area contributed by atoms with Gasteiger partial charge in [-0.1, -0.05) is 20.4 Å². The first-order valence-corrected chi connectivity index (χ1v) is 11.6. The predicted octanol–water partition coefficient (Wildman–Crippen LogP) is 2.73. The Morgan fingerprint density at radius 2 is 1.88 bits per heavy atom. The van der Waals surface area contributed by atoms with Crippen LogP contribution in [-0.2, 0) is 38.1 Å². The molecule has 4 aliphatic rings. The van der Waals surface area contributed by atoms with Crippen LogP contribution < -0.4 is 0 Å². The van der Waals surface area contributed by atoms with E-state index < -0.39 is 47.6 Å². The Kier molecular flexibility index (Phi) is 6.07. The highest BCUT2D eigenvalue weighted by molar-refractivity contribution is 5.87. The van der Waals surface area contributed by atoms with Crippen LogP contribution in [0.25, 0.3) is 0 Å². The fourth-order valence-corrected chi connectivity index (χ4v) is 6.07. The lowest BCUT2D eigenvalue weighted by Crippen LogP contribution is -2.47. The second kappa shape index (κ2) is 8.52. The van der Waals surface area contributed by atoms with Gasteiger partial charge in [0.1, 0.15) is 24.4 Å². The molecule has 6 atom stereocenters. The predicted molar refractivity (Wildman–Crippen MR) is 111 cm³/mol. The van der Waals surface area contributed by atoms with Crippen molar-refractivity contribution in [3.05, 3.63) is 12.2 Å². The third-order valence-electron chi connectivity index (χ3n) is 7.78. The second-order valence-electron chi connectivity index (χ2n) is 9.98. The average Bonchev–Trinajstić information content (AvgIpc) is 3.46. The molecular weight excluding hydrogens is 416 g/mol. The van der Waals surface area contributed by atoms with Gasteiger partial charge in [-0.2, -0.15) is 0 Å². The lowest BCUT2D eigenvalue weighted by atomic mass is 9.78. The number of hydrogen-bond acceptors (Lipinski definition) is 8. The summed E-state index contributed by atoms with van der Waals surface area (Å²) in [4.78, 5) is 49.8. The summed E-state index contributed by atoms with van der Waals surface area (Å²) in [6.07, 6.45) is 2.97. The molecule has 176 valence electrons. The highest BCUT2D eigenvalue weighted by atomic mass is 16.6. The molecular formula is C24H32O8. The topological polar surface area (TPSA) is 105 Å². The Hall–Kier alpha value is -2.38. The number of esters is 4. The molecule has 1 saturated heterocycles. The summed E-state index contributed by atoms with van der Waals surface area (Å²) in [6, 6.07) is 0. The summed E-state index contributed by atoms with van der Waals surface area (Å²) in [5.41, 5.74) is -0.238. The Labute approximate surface area is 188 Å². The van der Waals surface area contributed by atoms with E-state index in [4.69, 9.17) is 18.9 Å². The zero-order chi connectivity index (χ0) is 23.2. The van der Waals surface area contributed by atoms with Crippen molar-refractivity contribution in [2.45, 2.75) is 77.1 Å². The largest absolute Gasteiger partial charge is 0.462 e. The molecule has 3 saturated carbocycles. The lowest BCUT2D eigenvalue weighted by molar-refractivity contribution is -0.179. The molecule has 0 aromatic rings. The van der Waals surface area contributed by atoms with Gasteiger partial charge in [-0.05, 0) is 44.9 Å². The van der Waals surface area contributed by atoms with Gasteiger partial charge in [0.25, 0.3) is 0 Å². The van der Waals surface area contributed by atoms with Crippen molar-refractivity contribution < 1.29 is 38.1 Å². The van der Waals surface area contributed by atoms with Gasteiger partial charge in [0, 0.05) is 17.4 Å². The van der Waals surface area contributed by atoms with Crippen LogP contribution in [0.1, 0.15) is 59.3 Å². The van der Waals surface area contributed by atoms with Crippen molar-refractivity contribution in [1.29, 1.82) is 0 Å². The van der Waals surface area contributed by atoms with Gasteiger partial charge >= 0.3 is 23.9 Å². The summed E-state index contributed by atoms with van der Waals surface area (Å²) in [7, 11) is 0. The van der Waals surface area contributed by atoms with Crippen molar-refractivity contribution >= 4 is 23.9 Å². The fourth-order valence-electron chi connectivity index (χ4n) is 6.07. The maximum absolute atomic E-state index is 13.3. The van der Waals surface area contributed by atoms with E-state index in [0.717, 1.165) is 25.7 Å². The van der Waals surface area contributed by atoms with E-state index in [1.807, 2.05) is 0 Å². The molecule has 1 aliphatic heterocycles. The summed E-state index contributed by atoms with van der Waals surface area (Å²) >= 11 is 0.